The maximum atomic E-state index is 12.0. The Morgan fingerprint density at radius 2 is 2.10 bits per heavy atom. The molecule has 0 spiro atoms. The van der Waals surface area contributed by atoms with E-state index in [1.165, 1.54) is 0 Å². The van der Waals surface area contributed by atoms with E-state index in [0.29, 0.717) is 23.7 Å². The Morgan fingerprint density at radius 1 is 1.40 bits per heavy atom. The van der Waals surface area contributed by atoms with Crippen molar-refractivity contribution in [3.8, 4) is 5.75 Å². The number of benzene rings is 1. The third kappa shape index (κ3) is 2.70. The molecule has 0 aliphatic carbocycles. The predicted molar refractivity (Wildman–Crippen MR) is 82.2 cm³/mol. The van der Waals surface area contributed by atoms with Gasteiger partial charge in [-0.1, -0.05) is 6.07 Å². The molecule has 0 saturated carbocycles. The second-order valence-electron chi connectivity index (χ2n) is 4.54. The number of halogens is 1. The first-order valence-electron chi connectivity index (χ1n) is 6.10. The molecule has 0 aliphatic heterocycles. The summed E-state index contributed by atoms with van der Waals surface area (Å²) in [6.45, 7) is 4.10. The molecule has 0 aliphatic rings. The molecule has 0 amide bonds. The summed E-state index contributed by atoms with van der Waals surface area (Å²) in [6, 6.07) is 5.48. The van der Waals surface area contributed by atoms with Crippen LogP contribution in [0.2, 0.25) is 0 Å². The summed E-state index contributed by atoms with van der Waals surface area (Å²) in [5, 5.41) is 0. The molecule has 0 radical (unpaired) electrons. The number of nitrogens with two attached hydrogens (primary N) is 1. The molecule has 0 fully saturated rings. The topological polar surface area (TPSA) is 70.1 Å². The largest absolute Gasteiger partial charge is 0.495 e. The zero-order valence-corrected chi connectivity index (χ0v) is 13.2. The standard InChI is InChI=1S/C14H16BrN3O2/c1-8-13(15)9(2)18(14(19)17-8)7-10-4-5-12(20-3)11(16)6-10/h4-6H,7,16H2,1-3H3. The van der Waals surface area contributed by atoms with Crippen LogP contribution >= 0.6 is 15.9 Å². The number of hydrogen-bond acceptors (Lipinski definition) is 4. The van der Waals surface area contributed by atoms with Gasteiger partial charge in [0.1, 0.15) is 5.75 Å². The van der Waals surface area contributed by atoms with Gasteiger partial charge in [0.15, 0.2) is 0 Å². The van der Waals surface area contributed by atoms with Crippen LogP contribution in [0.3, 0.4) is 0 Å². The molecule has 2 aromatic rings. The average molecular weight is 338 g/mol. The van der Waals surface area contributed by atoms with Gasteiger partial charge < -0.3 is 10.5 Å². The first-order chi connectivity index (χ1) is 9.43. The summed E-state index contributed by atoms with van der Waals surface area (Å²) in [4.78, 5) is 16.0. The molecule has 106 valence electrons. The van der Waals surface area contributed by atoms with E-state index in [2.05, 4.69) is 20.9 Å². The van der Waals surface area contributed by atoms with Gasteiger partial charge in [-0.2, -0.15) is 4.98 Å². The van der Waals surface area contributed by atoms with Gasteiger partial charge in [0.05, 0.1) is 29.5 Å². The molecule has 2 N–H and O–H groups in total. The number of nitrogen functional groups attached to an aromatic ring is 1. The van der Waals surface area contributed by atoms with Crippen molar-refractivity contribution in [2.75, 3.05) is 12.8 Å². The van der Waals surface area contributed by atoms with E-state index in [-0.39, 0.29) is 5.69 Å². The smallest absolute Gasteiger partial charge is 0.348 e. The molecule has 0 unspecified atom stereocenters. The summed E-state index contributed by atoms with van der Waals surface area (Å²) in [6.07, 6.45) is 0. The number of aromatic nitrogens is 2. The maximum Gasteiger partial charge on any atom is 0.348 e. The van der Waals surface area contributed by atoms with Crippen molar-refractivity contribution in [3.05, 3.63) is 50.1 Å². The first kappa shape index (κ1) is 14.6. The zero-order valence-electron chi connectivity index (χ0n) is 11.6. The third-order valence-electron chi connectivity index (χ3n) is 3.17. The summed E-state index contributed by atoms with van der Waals surface area (Å²) in [7, 11) is 1.57. The maximum absolute atomic E-state index is 12.0. The number of nitrogens with zero attached hydrogens (tertiary/aromatic N) is 2. The van der Waals surface area contributed by atoms with Crippen LogP contribution in [0.15, 0.2) is 27.5 Å². The summed E-state index contributed by atoms with van der Waals surface area (Å²) >= 11 is 3.45. The van der Waals surface area contributed by atoms with Gasteiger partial charge in [-0.15, -0.1) is 0 Å². The number of ether oxygens (including phenoxy) is 1. The van der Waals surface area contributed by atoms with Gasteiger partial charge >= 0.3 is 5.69 Å². The Bertz CT molecular complexity index is 710. The summed E-state index contributed by atoms with van der Waals surface area (Å²) < 4.78 is 7.57. The van der Waals surface area contributed by atoms with Crippen molar-refractivity contribution in [2.24, 2.45) is 0 Å². The fraction of sp³-hybridized carbons (Fsp3) is 0.286. The van der Waals surface area contributed by atoms with Crippen molar-refractivity contribution in [1.82, 2.24) is 9.55 Å². The Labute approximate surface area is 125 Å². The Balaban J connectivity index is 2.43. The van der Waals surface area contributed by atoms with E-state index < -0.39 is 0 Å². The lowest BCUT2D eigenvalue weighted by Gasteiger charge is -2.13. The number of aryl methyl sites for hydroxylation is 1. The van der Waals surface area contributed by atoms with E-state index in [0.717, 1.165) is 15.7 Å². The number of methoxy groups -OCH3 is 1. The van der Waals surface area contributed by atoms with E-state index in [1.54, 1.807) is 30.7 Å². The summed E-state index contributed by atoms with van der Waals surface area (Å²) in [5.41, 5.74) is 8.62. The molecule has 0 saturated heterocycles. The van der Waals surface area contributed by atoms with Gasteiger partial charge in [0, 0.05) is 5.69 Å². The van der Waals surface area contributed by atoms with Crippen LogP contribution in [-0.2, 0) is 6.54 Å². The van der Waals surface area contributed by atoms with Crippen LogP contribution in [-0.4, -0.2) is 16.7 Å². The van der Waals surface area contributed by atoms with E-state index in [1.807, 2.05) is 13.0 Å². The number of anilines is 1. The van der Waals surface area contributed by atoms with E-state index in [4.69, 9.17) is 10.5 Å². The van der Waals surface area contributed by atoms with Gasteiger partial charge in [-0.05, 0) is 47.5 Å². The summed E-state index contributed by atoms with van der Waals surface area (Å²) in [5.74, 6) is 0.626. The molecule has 1 aromatic carbocycles. The van der Waals surface area contributed by atoms with Crippen LogP contribution in [0.5, 0.6) is 5.75 Å². The first-order valence-corrected chi connectivity index (χ1v) is 6.89. The lowest BCUT2D eigenvalue weighted by molar-refractivity contribution is 0.417. The average Bonchev–Trinajstić information content (AvgIpc) is 2.41. The van der Waals surface area contributed by atoms with Gasteiger partial charge in [0.2, 0.25) is 0 Å². The number of rotatable bonds is 3. The highest BCUT2D eigenvalue weighted by Crippen LogP contribution is 2.23. The zero-order chi connectivity index (χ0) is 14.9. The van der Waals surface area contributed by atoms with Crippen LogP contribution < -0.4 is 16.2 Å². The molecule has 5 nitrogen and oxygen atoms in total. The molecule has 20 heavy (non-hydrogen) atoms. The van der Waals surface area contributed by atoms with E-state index in [9.17, 15) is 4.79 Å². The van der Waals surface area contributed by atoms with Crippen molar-refractivity contribution in [2.45, 2.75) is 20.4 Å². The van der Waals surface area contributed by atoms with Gasteiger partial charge in [-0.25, -0.2) is 4.79 Å². The number of hydrogen-bond donors (Lipinski definition) is 1. The van der Waals surface area contributed by atoms with Crippen molar-refractivity contribution in [1.29, 1.82) is 0 Å². The second-order valence-corrected chi connectivity index (χ2v) is 5.33. The lowest BCUT2D eigenvalue weighted by Crippen LogP contribution is -2.26. The quantitative estimate of drug-likeness (QED) is 0.872. The monoisotopic (exact) mass is 337 g/mol. The Hall–Kier alpha value is -1.82. The Kier molecular flexibility index (Phi) is 4.13. The lowest BCUT2D eigenvalue weighted by atomic mass is 10.2. The minimum Gasteiger partial charge on any atom is -0.495 e. The fourth-order valence-electron chi connectivity index (χ4n) is 2.03. The highest BCUT2D eigenvalue weighted by atomic mass is 79.9. The van der Waals surface area contributed by atoms with Crippen LogP contribution in [0.25, 0.3) is 0 Å². The van der Waals surface area contributed by atoms with Crippen molar-refractivity contribution < 1.29 is 4.74 Å². The van der Waals surface area contributed by atoms with Crippen molar-refractivity contribution >= 4 is 21.6 Å². The minimum absolute atomic E-state index is 0.266. The molecule has 0 bridgehead atoms. The molecule has 0 atom stereocenters. The van der Waals surface area contributed by atoms with Crippen LogP contribution in [0, 0.1) is 13.8 Å². The minimum atomic E-state index is -0.266. The molecular formula is C14H16BrN3O2. The molecule has 1 heterocycles. The van der Waals surface area contributed by atoms with Crippen molar-refractivity contribution in [3.63, 3.8) is 0 Å². The molecule has 2 rings (SSSR count). The Morgan fingerprint density at radius 3 is 2.70 bits per heavy atom. The molecule has 1 aromatic heterocycles. The van der Waals surface area contributed by atoms with Crippen LogP contribution in [0.4, 0.5) is 5.69 Å². The predicted octanol–water partition coefficient (Wildman–Crippen LogP) is 2.26. The van der Waals surface area contributed by atoms with Gasteiger partial charge in [-0.3, -0.25) is 4.57 Å². The van der Waals surface area contributed by atoms with Gasteiger partial charge in [0.25, 0.3) is 0 Å². The van der Waals surface area contributed by atoms with E-state index >= 15 is 0 Å². The third-order valence-corrected chi connectivity index (χ3v) is 4.32. The normalized spacial score (nSPS) is 10.6. The second kappa shape index (κ2) is 5.66. The van der Waals surface area contributed by atoms with Crippen LogP contribution in [0.1, 0.15) is 17.0 Å². The molecular weight excluding hydrogens is 322 g/mol. The highest BCUT2D eigenvalue weighted by molar-refractivity contribution is 9.10. The molecule has 6 heteroatoms. The SMILES string of the molecule is COc1ccc(Cn2c(C)c(Br)c(C)nc2=O)cc1N. The highest BCUT2D eigenvalue weighted by Gasteiger charge is 2.10. The fourth-order valence-corrected chi connectivity index (χ4v) is 2.33.